The average molecular weight is 293 g/mol. The summed E-state index contributed by atoms with van der Waals surface area (Å²) in [7, 11) is 4.20. The fourth-order valence-electron chi connectivity index (χ4n) is 4.16. The van der Waals surface area contributed by atoms with Gasteiger partial charge in [0.1, 0.15) is 11.7 Å². The van der Waals surface area contributed by atoms with Crippen molar-refractivity contribution in [3.8, 4) is 0 Å². The molecule has 2 aromatic rings. The van der Waals surface area contributed by atoms with E-state index < -0.39 is 0 Å². The summed E-state index contributed by atoms with van der Waals surface area (Å²) >= 11 is 0. The number of hydrogen-bond acceptors (Lipinski definition) is 2. The van der Waals surface area contributed by atoms with Gasteiger partial charge in [-0.1, -0.05) is 30.3 Å². The monoisotopic (exact) mass is 293 g/mol. The zero-order valence-electron chi connectivity index (χ0n) is 12.9. The van der Waals surface area contributed by atoms with E-state index in [0.29, 0.717) is 29.3 Å². The Morgan fingerprint density at radius 2 is 1.82 bits per heavy atom. The lowest BCUT2D eigenvalue weighted by Gasteiger charge is -2.37. The number of Topliss-reactive ketones (excluding diaryl/α,β-unsaturated/α-hetero) is 1. The minimum absolute atomic E-state index is 0.0391. The number of rotatable bonds is 1. The van der Waals surface area contributed by atoms with Gasteiger partial charge < -0.3 is 5.11 Å². The van der Waals surface area contributed by atoms with Crippen LogP contribution in [0.1, 0.15) is 30.9 Å². The molecule has 0 saturated heterocycles. The van der Waals surface area contributed by atoms with Crippen molar-refractivity contribution >= 4 is 22.2 Å². The Bertz CT molecular complexity index is 827. The predicted molar refractivity (Wildman–Crippen MR) is 86.2 cm³/mol. The molecule has 0 amide bonds. The highest BCUT2D eigenvalue weighted by Gasteiger charge is 2.45. The first-order chi connectivity index (χ1) is 10.5. The van der Waals surface area contributed by atoms with Crippen molar-refractivity contribution in [2.45, 2.75) is 25.3 Å². The number of carbonyl (C=O) groups excluding carboxylic acids is 1. The van der Waals surface area contributed by atoms with Crippen molar-refractivity contribution < 1.29 is 9.90 Å². The molecule has 3 heteroatoms. The van der Waals surface area contributed by atoms with E-state index >= 15 is 0 Å². The largest absolute Gasteiger partial charge is 0.875 e. The number of nitrogens with zero attached hydrogens (tertiary/aromatic N) is 1. The normalized spacial score (nSPS) is 23.4. The Kier molecular flexibility index (Phi) is 2.73. The molecule has 0 fully saturated rings. The quantitative estimate of drug-likeness (QED) is 0.759. The third kappa shape index (κ3) is 1.63. The molecule has 4 rings (SSSR count). The van der Waals surface area contributed by atoms with Crippen LogP contribution in [-0.2, 0) is 4.79 Å². The molecule has 0 aromatic heterocycles. The second-order valence-electron chi connectivity index (χ2n) is 6.78. The standard InChI is InChI=1S/C19H19NO2/c1-20(2)14-9-4-7-12-6-3-8-13(17(12)14)19(20)18-15(21)10-5-11-16(18)22/h3-4,6-9,19H,5,10-11H2,1-2H3/t19-/m0/s1. The Morgan fingerprint density at radius 3 is 2.55 bits per heavy atom. The molecule has 1 atom stereocenters. The highest BCUT2D eigenvalue weighted by Crippen LogP contribution is 2.51. The van der Waals surface area contributed by atoms with E-state index in [0.717, 1.165) is 5.56 Å². The lowest BCUT2D eigenvalue weighted by atomic mass is 9.86. The van der Waals surface area contributed by atoms with E-state index in [1.165, 1.54) is 16.5 Å². The summed E-state index contributed by atoms with van der Waals surface area (Å²) in [5.74, 6) is 0.0783. The maximum Gasteiger partial charge on any atom is 0.164 e. The summed E-state index contributed by atoms with van der Waals surface area (Å²) in [5.41, 5.74) is 2.83. The summed E-state index contributed by atoms with van der Waals surface area (Å²) in [6.07, 6.45) is 1.70. The van der Waals surface area contributed by atoms with Crippen LogP contribution >= 0.6 is 0 Å². The highest BCUT2D eigenvalue weighted by molar-refractivity contribution is 6.04. The second-order valence-corrected chi connectivity index (χ2v) is 6.78. The third-order valence-electron chi connectivity index (χ3n) is 5.16. The van der Waals surface area contributed by atoms with Crippen LogP contribution in [-0.4, -0.2) is 19.9 Å². The number of hydrogen-bond donors (Lipinski definition) is 0. The Labute approximate surface area is 130 Å². The van der Waals surface area contributed by atoms with Crippen LogP contribution in [0.4, 0.5) is 5.69 Å². The number of likely N-dealkylation sites (N-methyl/N-ethyl adjacent to an activating group) is 1. The van der Waals surface area contributed by atoms with Gasteiger partial charge in [0.25, 0.3) is 0 Å². The molecule has 22 heavy (non-hydrogen) atoms. The molecule has 1 aliphatic carbocycles. The van der Waals surface area contributed by atoms with Gasteiger partial charge in [0.05, 0.1) is 19.5 Å². The van der Waals surface area contributed by atoms with Gasteiger partial charge in [0.2, 0.25) is 0 Å². The number of allylic oxidation sites excluding steroid dienone is 1. The molecular formula is C19H19NO2. The number of quaternary nitrogens is 1. The van der Waals surface area contributed by atoms with E-state index in [1.807, 2.05) is 6.07 Å². The molecule has 1 heterocycles. The fraction of sp³-hybridized carbons (Fsp3) is 0.316. The number of benzene rings is 2. The van der Waals surface area contributed by atoms with E-state index in [-0.39, 0.29) is 17.6 Å². The minimum atomic E-state index is -0.165. The fourth-order valence-corrected chi connectivity index (χ4v) is 4.16. The van der Waals surface area contributed by atoms with Gasteiger partial charge in [-0.15, -0.1) is 5.76 Å². The lowest BCUT2D eigenvalue weighted by molar-refractivity contribution is -0.309. The van der Waals surface area contributed by atoms with E-state index in [9.17, 15) is 9.90 Å². The molecule has 0 spiro atoms. The van der Waals surface area contributed by atoms with Gasteiger partial charge in [-0.05, 0) is 24.3 Å². The molecule has 3 nitrogen and oxygen atoms in total. The van der Waals surface area contributed by atoms with E-state index in [4.69, 9.17) is 0 Å². The van der Waals surface area contributed by atoms with E-state index in [1.54, 1.807) is 0 Å². The summed E-state index contributed by atoms with van der Waals surface area (Å²) < 4.78 is 0.545. The van der Waals surface area contributed by atoms with Crippen molar-refractivity contribution in [3.05, 3.63) is 53.3 Å². The molecular weight excluding hydrogens is 274 g/mol. The Hall–Kier alpha value is -2.13. The summed E-state index contributed by atoms with van der Waals surface area (Å²) in [6.45, 7) is 0. The SMILES string of the molecule is C[N+]1(C)c2cccc3cccc(c23)[C@H]1C1=C([O-])CCCC1=O. The van der Waals surface area contributed by atoms with Gasteiger partial charge in [0.15, 0.2) is 5.78 Å². The summed E-state index contributed by atoms with van der Waals surface area (Å²) in [4.78, 5) is 12.5. The Balaban J connectivity index is 2.04. The van der Waals surface area contributed by atoms with Gasteiger partial charge in [-0.3, -0.25) is 9.28 Å². The number of ketones is 1. The zero-order valence-corrected chi connectivity index (χ0v) is 12.9. The maximum atomic E-state index is 12.5. The topological polar surface area (TPSA) is 40.1 Å². The van der Waals surface area contributed by atoms with Crippen molar-refractivity contribution in [3.63, 3.8) is 0 Å². The highest BCUT2D eigenvalue weighted by atomic mass is 16.3. The predicted octanol–water partition coefficient (Wildman–Crippen LogP) is 2.83. The van der Waals surface area contributed by atoms with E-state index in [2.05, 4.69) is 44.4 Å². The summed E-state index contributed by atoms with van der Waals surface area (Å²) in [5, 5.41) is 14.9. The molecule has 0 N–H and O–H groups in total. The molecule has 0 radical (unpaired) electrons. The van der Waals surface area contributed by atoms with Crippen molar-refractivity contribution in [2.24, 2.45) is 0 Å². The second kappa shape index (κ2) is 4.43. The summed E-state index contributed by atoms with van der Waals surface area (Å²) in [6, 6.07) is 12.3. The molecule has 0 bridgehead atoms. The van der Waals surface area contributed by atoms with Crippen LogP contribution in [0.15, 0.2) is 47.7 Å². The molecule has 2 aliphatic rings. The molecule has 0 saturated carbocycles. The third-order valence-corrected chi connectivity index (χ3v) is 5.16. The van der Waals surface area contributed by atoms with Gasteiger partial charge >= 0.3 is 0 Å². The molecule has 2 aromatic carbocycles. The van der Waals surface area contributed by atoms with Crippen molar-refractivity contribution in [2.75, 3.05) is 14.1 Å². The van der Waals surface area contributed by atoms with Gasteiger partial charge in [-0.25, -0.2) is 0 Å². The molecule has 112 valence electrons. The minimum Gasteiger partial charge on any atom is -0.875 e. The lowest BCUT2D eigenvalue weighted by Crippen LogP contribution is -2.44. The van der Waals surface area contributed by atoms with Crippen LogP contribution in [0.3, 0.4) is 0 Å². The first-order valence-electron chi connectivity index (χ1n) is 7.81. The van der Waals surface area contributed by atoms with Crippen LogP contribution < -0.4 is 9.59 Å². The van der Waals surface area contributed by atoms with Crippen LogP contribution in [0.5, 0.6) is 0 Å². The first-order valence-corrected chi connectivity index (χ1v) is 7.81. The molecule has 1 aliphatic heterocycles. The van der Waals surface area contributed by atoms with Gasteiger partial charge in [0, 0.05) is 17.6 Å². The Morgan fingerprint density at radius 1 is 1.09 bits per heavy atom. The number of carbonyl (C=O) groups is 1. The van der Waals surface area contributed by atoms with Crippen molar-refractivity contribution in [1.29, 1.82) is 0 Å². The smallest absolute Gasteiger partial charge is 0.164 e. The van der Waals surface area contributed by atoms with Gasteiger partial charge in [-0.2, -0.15) is 0 Å². The van der Waals surface area contributed by atoms with Crippen LogP contribution in [0.2, 0.25) is 0 Å². The maximum absolute atomic E-state index is 12.5. The molecule has 0 unspecified atom stereocenters. The zero-order chi connectivity index (χ0) is 15.5. The van der Waals surface area contributed by atoms with Crippen LogP contribution in [0.25, 0.3) is 10.8 Å². The average Bonchev–Trinajstić information content (AvgIpc) is 2.71. The van der Waals surface area contributed by atoms with Crippen LogP contribution in [0, 0.1) is 0 Å². The first kappa shape index (κ1) is 13.5. The van der Waals surface area contributed by atoms with Crippen molar-refractivity contribution in [1.82, 2.24) is 4.48 Å².